The highest BCUT2D eigenvalue weighted by Crippen LogP contribution is 2.51. The van der Waals surface area contributed by atoms with Gasteiger partial charge in [0.15, 0.2) is 5.78 Å². The average Bonchev–Trinajstić information content (AvgIpc) is 3.15. The van der Waals surface area contributed by atoms with E-state index in [-0.39, 0.29) is 58.2 Å². The van der Waals surface area contributed by atoms with Gasteiger partial charge in [0.1, 0.15) is 29.6 Å². The number of para-hydroxylation sites is 1. The number of benzene rings is 4. The summed E-state index contributed by atoms with van der Waals surface area (Å²) >= 11 is 0. The predicted molar refractivity (Wildman–Crippen MR) is 165 cm³/mol. The molecule has 1 aliphatic heterocycles. The number of carbonyl (C=O) groups excluding carboxylic acids is 2. The van der Waals surface area contributed by atoms with Gasteiger partial charge in [-0.25, -0.2) is 4.39 Å². The fraction of sp³-hybridized carbons (Fsp3) is 0.194. The predicted octanol–water partition coefficient (Wildman–Crippen LogP) is 7.44. The van der Waals surface area contributed by atoms with E-state index in [1.807, 2.05) is 50.2 Å². The third-order valence-corrected chi connectivity index (χ3v) is 7.98. The number of halogens is 1. The van der Waals surface area contributed by atoms with Crippen molar-refractivity contribution in [2.45, 2.75) is 39.3 Å². The number of allylic oxidation sites excluding steroid dienone is 1. The highest BCUT2D eigenvalue weighted by molar-refractivity contribution is 6.12. The maximum absolute atomic E-state index is 16.3. The van der Waals surface area contributed by atoms with Gasteiger partial charge in [0.05, 0.1) is 23.4 Å². The number of aromatic hydroxyl groups is 1. The number of anilines is 2. The van der Waals surface area contributed by atoms with Crippen LogP contribution in [0.4, 0.5) is 15.8 Å². The molecule has 0 spiro atoms. The van der Waals surface area contributed by atoms with E-state index in [1.165, 1.54) is 29.2 Å². The second-order valence-corrected chi connectivity index (χ2v) is 11.9. The molecular formula is C36H30FN3O4. The summed E-state index contributed by atoms with van der Waals surface area (Å²) < 4.78 is 22.1. The van der Waals surface area contributed by atoms with E-state index in [1.54, 1.807) is 36.4 Å². The number of hydrogen-bond donors (Lipinski definition) is 2. The van der Waals surface area contributed by atoms with Crippen LogP contribution < -0.4 is 15.0 Å². The Labute approximate surface area is 254 Å². The largest absolute Gasteiger partial charge is 0.506 e. The lowest BCUT2D eigenvalue weighted by atomic mass is 9.73. The van der Waals surface area contributed by atoms with Gasteiger partial charge >= 0.3 is 0 Å². The van der Waals surface area contributed by atoms with Crippen molar-refractivity contribution in [2.24, 2.45) is 5.41 Å². The summed E-state index contributed by atoms with van der Waals surface area (Å²) in [5.74, 6) is -1.27. The SMILES string of the molecule is CC1(C)CC(=O)C2=C(C1)Nc1c(O)cccc1N(C(=O)c1cccc(C#N)c1)C2c1ccc(OCc2ccccc2)cc1F. The molecule has 6 rings (SSSR count). The van der Waals surface area contributed by atoms with E-state index in [0.29, 0.717) is 17.9 Å². The van der Waals surface area contributed by atoms with Gasteiger partial charge < -0.3 is 15.2 Å². The summed E-state index contributed by atoms with van der Waals surface area (Å²) in [6.45, 7) is 4.18. The number of phenols is 1. The number of nitriles is 1. The van der Waals surface area contributed by atoms with Crippen molar-refractivity contribution in [3.8, 4) is 17.6 Å². The Balaban J connectivity index is 1.54. The van der Waals surface area contributed by atoms with E-state index < -0.39 is 23.2 Å². The van der Waals surface area contributed by atoms with E-state index in [2.05, 4.69) is 5.32 Å². The molecule has 0 bridgehead atoms. The number of Topliss-reactive ketones (excluding diaryl/α,β-unsaturated/α-hetero) is 1. The summed E-state index contributed by atoms with van der Waals surface area (Å²) in [6.07, 6.45) is 0.627. The summed E-state index contributed by atoms with van der Waals surface area (Å²) in [4.78, 5) is 29.8. The average molecular weight is 588 g/mol. The van der Waals surface area contributed by atoms with Crippen LogP contribution in [0.3, 0.4) is 0 Å². The quantitative estimate of drug-likeness (QED) is 0.235. The molecule has 2 N–H and O–H groups in total. The fourth-order valence-corrected chi connectivity index (χ4v) is 5.98. The minimum absolute atomic E-state index is 0.0976. The van der Waals surface area contributed by atoms with Crippen molar-refractivity contribution in [1.29, 1.82) is 5.26 Å². The van der Waals surface area contributed by atoms with Crippen molar-refractivity contribution in [3.05, 3.63) is 130 Å². The van der Waals surface area contributed by atoms with E-state index in [9.17, 15) is 20.0 Å². The molecule has 1 amide bonds. The molecule has 1 aliphatic carbocycles. The summed E-state index contributed by atoms with van der Waals surface area (Å²) in [5, 5.41) is 23.7. The first kappa shape index (κ1) is 28.7. The number of fused-ring (bicyclic) bond motifs is 1. The number of nitrogens with zero attached hydrogens (tertiary/aromatic N) is 2. The van der Waals surface area contributed by atoms with Gasteiger partial charge in [-0.05, 0) is 59.9 Å². The minimum Gasteiger partial charge on any atom is -0.506 e. The maximum Gasteiger partial charge on any atom is 0.259 e. The first-order valence-corrected chi connectivity index (χ1v) is 14.3. The molecule has 44 heavy (non-hydrogen) atoms. The first-order valence-electron chi connectivity index (χ1n) is 14.3. The number of hydrogen-bond acceptors (Lipinski definition) is 6. The second-order valence-electron chi connectivity index (χ2n) is 11.9. The molecule has 0 radical (unpaired) electrons. The van der Waals surface area contributed by atoms with E-state index in [0.717, 1.165) is 5.56 Å². The van der Waals surface area contributed by atoms with Crippen molar-refractivity contribution in [2.75, 3.05) is 10.2 Å². The highest BCUT2D eigenvalue weighted by atomic mass is 19.1. The van der Waals surface area contributed by atoms with Crippen LogP contribution in [0.25, 0.3) is 0 Å². The third kappa shape index (κ3) is 5.40. The number of nitrogens with one attached hydrogen (secondary N) is 1. The molecule has 0 saturated carbocycles. The van der Waals surface area contributed by atoms with Gasteiger partial charge in [-0.15, -0.1) is 0 Å². The monoisotopic (exact) mass is 587 g/mol. The van der Waals surface area contributed by atoms with Gasteiger partial charge in [0, 0.05) is 34.9 Å². The first-order chi connectivity index (χ1) is 21.1. The molecule has 4 aromatic carbocycles. The van der Waals surface area contributed by atoms with Crippen molar-refractivity contribution in [3.63, 3.8) is 0 Å². The molecule has 0 fully saturated rings. The lowest BCUT2D eigenvalue weighted by Gasteiger charge is -2.37. The molecule has 220 valence electrons. The molecule has 8 heteroatoms. The normalized spacial score (nSPS) is 17.1. The van der Waals surface area contributed by atoms with Gasteiger partial charge in [0.25, 0.3) is 5.91 Å². The molecule has 4 aromatic rings. The van der Waals surface area contributed by atoms with Crippen LogP contribution >= 0.6 is 0 Å². The van der Waals surface area contributed by atoms with Gasteiger partial charge in [0.2, 0.25) is 0 Å². The van der Waals surface area contributed by atoms with E-state index >= 15 is 4.39 Å². The Hall–Kier alpha value is -5.42. The molecule has 2 aliphatic rings. The lowest BCUT2D eigenvalue weighted by molar-refractivity contribution is -0.118. The summed E-state index contributed by atoms with van der Waals surface area (Å²) in [7, 11) is 0. The van der Waals surface area contributed by atoms with Crippen LogP contribution in [0, 0.1) is 22.6 Å². The molecule has 1 unspecified atom stereocenters. The number of phenolic OH excluding ortho intramolecular Hbond substituents is 1. The molecule has 1 atom stereocenters. The van der Waals surface area contributed by atoms with Crippen LogP contribution in [0.5, 0.6) is 11.5 Å². The van der Waals surface area contributed by atoms with E-state index in [4.69, 9.17) is 4.74 Å². The Morgan fingerprint density at radius 2 is 1.82 bits per heavy atom. The number of ether oxygens (including phenoxy) is 1. The molecular weight excluding hydrogens is 557 g/mol. The van der Waals surface area contributed by atoms with Gasteiger partial charge in [-0.1, -0.05) is 56.3 Å². The molecule has 7 nitrogen and oxygen atoms in total. The fourth-order valence-electron chi connectivity index (χ4n) is 5.98. The molecule has 1 heterocycles. The van der Waals surface area contributed by atoms with Crippen molar-refractivity contribution in [1.82, 2.24) is 0 Å². The topological polar surface area (TPSA) is 103 Å². The van der Waals surface area contributed by atoms with Gasteiger partial charge in [-0.2, -0.15) is 5.26 Å². The summed E-state index contributed by atoms with van der Waals surface area (Å²) in [5.41, 5.74) is 2.34. The number of rotatable bonds is 5. The van der Waals surface area contributed by atoms with Crippen LogP contribution in [-0.2, 0) is 11.4 Å². The Morgan fingerprint density at radius 1 is 1.05 bits per heavy atom. The van der Waals surface area contributed by atoms with Crippen LogP contribution in [0.15, 0.2) is 102 Å². The standard InChI is InChI=1S/C36H30FN3O4/c1-36(2)18-28-32(31(42)19-36)34(26-15-14-25(17-27(26)37)44-21-22-8-4-3-5-9-22)40(29-12-7-13-30(41)33(29)39-28)35(43)24-11-6-10-23(16-24)20-38/h3-17,34,39,41H,18-19,21H2,1-2H3. The second kappa shape index (κ2) is 11.3. The van der Waals surface area contributed by atoms with Crippen LogP contribution in [-0.4, -0.2) is 16.8 Å². The Kier molecular flexibility index (Phi) is 7.40. The Morgan fingerprint density at radius 3 is 2.57 bits per heavy atom. The van der Waals surface area contributed by atoms with Crippen LogP contribution in [0.1, 0.15) is 59.8 Å². The highest BCUT2D eigenvalue weighted by Gasteiger charge is 2.44. The lowest BCUT2D eigenvalue weighted by Crippen LogP contribution is -2.40. The van der Waals surface area contributed by atoms with Crippen molar-refractivity contribution < 1.29 is 23.8 Å². The zero-order chi connectivity index (χ0) is 31.0. The molecule has 0 saturated heterocycles. The van der Waals surface area contributed by atoms with Gasteiger partial charge in [-0.3, -0.25) is 14.5 Å². The Bertz CT molecular complexity index is 1860. The number of amides is 1. The number of ketones is 1. The summed E-state index contributed by atoms with van der Waals surface area (Å²) in [6, 6.07) is 25.7. The molecule has 0 aromatic heterocycles. The number of carbonyl (C=O) groups is 2. The smallest absolute Gasteiger partial charge is 0.259 e. The van der Waals surface area contributed by atoms with Crippen LogP contribution in [0.2, 0.25) is 0 Å². The zero-order valence-corrected chi connectivity index (χ0v) is 24.3. The zero-order valence-electron chi connectivity index (χ0n) is 24.3. The third-order valence-electron chi connectivity index (χ3n) is 7.98. The maximum atomic E-state index is 16.3. The minimum atomic E-state index is -1.18. The van der Waals surface area contributed by atoms with Crippen molar-refractivity contribution >= 4 is 23.1 Å².